The molecular formula is C23H27N5O2S. The normalized spacial score (nSPS) is 11.0. The van der Waals surface area contributed by atoms with Crippen LogP contribution < -0.4 is 5.32 Å². The lowest BCUT2D eigenvalue weighted by molar-refractivity contribution is -0.116. The summed E-state index contributed by atoms with van der Waals surface area (Å²) in [6.07, 6.45) is 4.86. The number of pyridine rings is 1. The second-order valence-corrected chi connectivity index (χ2v) is 8.57. The summed E-state index contributed by atoms with van der Waals surface area (Å²) in [5, 5.41) is 12.2. The third-order valence-corrected chi connectivity index (χ3v) is 5.49. The van der Waals surface area contributed by atoms with Crippen LogP contribution in [-0.4, -0.2) is 37.2 Å². The molecule has 3 aromatic rings. The van der Waals surface area contributed by atoms with Crippen molar-refractivity contribution < 1.29 is 9.59 Å². The van der Waals surface area contributed by atoms with E-state index >= 15 is 0 Å². The maximum Gasteiger partial charge on any atom is 0.224 e. The van der Waals surface area contributed by atoms with Gasteiger partial charge in [-0.05, 0) is 48.7 Å². The summed E-state index contributed by atoms with van der Waals surface area (Å²) in [6, 6.07) is 10.8. The highest BCUT2D eigenvalue weighted by Gasteiger charge is 2.16. The molecular weight excluding hydrogens is 410 g/mol. The number of amides is 1. The summed E-state index contributed by atoms with van der Waals surface area (Å²) in [5.41, 5.74) is 2.24. The largest absolute Gasteiger partial charge is 0.326 e. The molecule has 0 aliphatic heterocycles. The van der Waals surface area contributed by atoms with Gasteiger partial charge < -0.3 is 9.88 Å². The molecule has 1 amide bonds. The molecule has 1 aromatic carbocycles. The SMILES string of the molecule is CCCn1c(SCC(=O)c2ccc(NC(=O)CC(C)C)cc2)nnc1-c1ccncc1. The molecule has 0 fully saturated rings. The van der Waals surface area contributed by atoms with Crippen LogP contribution in [0, 0.1) is 5.92 Å². The van der Waals surface area contributed by atoms with Crippen LogP contribution in [0.1, 0.15) is 44.0 Å². The highest BCUT2D eigenvalue weighted by atomic mass is 32.2. The van der Waals surface area contributed by atoms with E-state index in [0.29, 0.717) is 23.6 Å². The number of Topliss-reactive ketones (excluding diaryl/α,β-unsaturated/α-hetero) is 1. The van der Waals surface area contributed by atoms with Crippen molar-refractivity contribution in [2.24, 2.45) is 5.92 Å². The van der Waals surface area contributed by atoms with Crippen molar-refractivity contribution in [1.82, 2.24) is 19.7 Å². The van der Waals surface area contributed by atoms with Gasteiger partial charge in [0.2, 0.25) is 5.91 Å². The second-order valence-electron chi connectivity index (χ2n) is 7.63. The Labute approximate surface area is 186 Å². The number of nitrogens with one attached hydrogen (secondary N) is 1. The molecule has 3 rings (SSSR count). The third-order valence-electron chi connectivity index (χ3n) is 4.52. The van der Waals surface area contributed by atoms with Crippen molar-refractivity contribution in [3.63, 3.8) is 0 Å². The molecule has 0 saturated heterocycles. The van der Waals surface area contributed by atoms with Crippen molar-refractivity contribution in [3.05, 3.63) is 54.4 Å². The first-order chi connectivity index (χ1) is 15.0. The molecule has 2 aromatic heterocycles. The van der Waals surface area contributed by atoms with Crippen LogP contribution in [0.25, 0.3) is 11.4 Å². The van der Waals surface area contributed by atoms with Gasteiger partial charge in [-0.15, -0.1) is 10.2 Å². The van der Waals surface area contributed by atoms with Gasteiger partial charge in [-0.2, -0.15) is 0 Å². The first-order valence-corrected chi connectivity index (χ1v) is 11.4. The Morgan fingerprint density at radius 3 is 2.42 bits per heavy atom. The van der Waals surface area contributed by atoms with E-state index in [1.807, 2.05) is 30.5 Å². The molecule has 162 valence electrons. The Morgan fingerprint density at radius 1 is 1.06 bits per heavy atom. The van der Waals surface area contributed by atoms with Gasteiger partial charge in [-0.3, -0.25) is 14.6 Å². The molecule has 0 unspecified atom stereocenters. The van der Waals surface area contributed by atoms with Gasteiger partial charge in [-0.25, -0.2) is 0 Å². The molecule has 7 nitrogen and oxygen atoms in total. The Balaban J connectivity index is 1.64. The van der Waals surface area contributed by atoms with E-state index in [-0.39, 0.29) is 17.4 Å². The molecule has 8 heteroatoms. The van der Waals surface area contributed by atoms with Crippen LogP contribution in [-0.2, 0) is 11.3 Å². The number of ketones is 1. The molecule has 0 bridgehead atoms. The lowest BCUT2D eigenvalue weighted by Crippen LogP contribution is -2.14. The Morgan fingerprint density at radius 2 is 1.77 bits per heavy atom. The molecule has 0 aliphatic rings. The monoisotopic (exact) mass is 437 g/mol. The van der Waals surface area contributed by atoms with Crippen molar-refractivity contribution >= 4 is 29.1 Å². The number of thioether (sulfide) groups is 1. The van der Waals surface area contributed by atoms with Crippen LogP contribution in [0.3, 0.4) is 0 Å². The van der Waals surface area contributed by atoms with Crippen molar-refractivity contribution in [2.75, 3.05) is 11.1 Å². The zero-order valence-electron chi connectivity index (χ0n) is 18.0. The first-order valence-electron chi connectivity index (χ1n) is 10.4. The predicted octanol–water partition coefficient (Wildman–Crippen LogP) is 4.71. The summed E-state index contributed by atoms with van der Waals surface area (Å²) in [4.78, 5) is 28.6. The van der Waals surface area contributed by atoms with E-state index in [1.165, 1.54) is 11.8 Å². The van der Waals surface area contributed by atoms with Gasteiger partial charge in [-0.1, -0.05) is 32.5 Å². The smallest absolute Gasteiger partial charge is 0.224 e. The maximum atomic E-state index is 12.7. The fourth-order valence-electron chi connectivity index (χ4n) is 3.07. The van der Waals surface area contributed by atoms with Gasteiger partial charge in [0.15, 0.2) is 16.8 Å². The third kappa shape index (κ3) is 6.24. The van der Waals surface area contributed by atoms with Gasteiger partial charge in [0.25, 0.3) is 0 Å². The number of anilines is 1. The molecule has 0 spiro atoms. The molecule has 0 aliphatic carbocycles. The topological polar surface area (TPSA) is 89.8 Å². The number of hydrogen-bond donors (Lipinski definition) is 1. The number of carbonyl (C=O) groups is 2. The Bertz CT molecular complexity index is 1020. The Kier molecular flexibility index (Phi) is 7.94. The summed E-state index contributed by atoms with van der Waals surface area (Å²) in [5.74, 6) is 1.32. The van der Waals surface area contributed by atoms with Gasteiger partial charge in [0.1, 0.15) is 0 Å². The maximum absolute atomic E-state index is 12.7. The Hall–Kier alpha value is -3.00. The number of carbonyl (C=O) groups excluding carboxylic acids is 2. The van der Waals surface area contributed by atoms with E-state index in [0.717, 1.165) is 29.5 Å². The minimum absolute atomic E-state index is 0.00145. The van der Waals surface area contributed by atoms with E-state index in [9.17, 15) is 9.59 Å². The average Bonchev–Trinajstić information content (AvgIpc) is 3.15. The number of benzene rings is 1. The van der Waals surface area contributed by atoms with Crippen molar-refractivity contribution in [2.45, 2.75) is 45.3 Å². The van der Waals surface area contributed by atoms with Gasteiger partial charge >= 0.3 is 0 Å². The van der Waals surface area contributed by atoms with Gasteiger partial charge in [0, 0.05) is 42.2 Å². The zero-order valence-corrected chi connectivity index (χ0v) is 18.9. The minimum atomic E-state index is -0.0232. The fourth-order valence-corrected chi connectivity index (χ4v) is 3.93. The number of hydrogen-bond acceptors (Lipinski definition) is 6. The van der Waals surface area contributed by atoms with E-state index in [4.69, 9.17) is 0 Å². The molecule has 31 heavy (non-hydrogen) atoms. The molecule has 2 heterocycles. The first kappa shape index (κ1) is 22.7. The zero-order chi connectivity index (χ0) is 22.2. The van der Waals surface area contributed by atoms with Gasteiger partial charge in [0.05, 0.1) is 5.75 Å². The average molecular weight is 438 g/mol. The van der Waals surface area contributed by atoms with E-state index in [2.05, 4.69) is 27.4 Å². The summed E-state index contributed by atoms with van der Waals surface area (Å²) < 4.78 is 2.04. The minimum Gasteiger partial charge on any atom is -0.326 e. The lowest BCUT2D eigenvalue weighted by Gasteiger charge is -2.09. The predicted molar refractivity (Wildman–Crippen MR) is 123 cm³/mol. The summed E-state index contributed by atoms with van der Waals surface area (Å²) >= 11 is 1.38. The summed E-state index contributed by atoms with van der Waals surface area (Å²) in [7, 11) is 0. The standard InChI is InChI=1S/C23H27N5O2S/c1-4-13-28-22(18-9-11-24-12-10-18)26-27-23(28)31-15-20(29)17-5-7-19(8-6-17)25-21(30)14-16(2)3/h5-12,16H,4,13-15H2,1-3H3,(H,25,30). The number of nitrogens with zero attached hydrogens (tertiary/aromatic N) is 4. The second kappa shape index (κ2) is 10.9. The van der Waals surface area contributed by atoms with Crippen molar-refractivity contribution in [1.29, 1.82) is 0 Å². The highest BCUT2D eigenvalue weighted by molar-refractivity contribution is 7.99. The highest BCUT2D eigenvalue weighted by Crippen LogP contribution is 2.25. The van der Waals surface area contributed by atoms with E-state index < -0.39 is 0 Å². The molecule has 0 radical (unpaired) electrons. The molecule has 1 N–H and O–H groups in total. The van der Waals surface area contributed by atoms with Crippen LogP contribution in [0.15, 0.2) is 53.9 Å². The summed E-state index contributed by atoms with van der Waals surface area (Å²) in [6.45, 7) is 6.87. The quantitative estimate of drug-likeness (QED) is 0.365. The molecule has 0 saturated carbocycles. The lowest BCUT2D eigenvalue weighted by atomic mass is 10.1. The van der Waals surface area contributed by atoms with Crippen LogP contribution in [0.4, 0.5) is 5.69 Å². The van der Waals surface area contributed by atoms with Crippen LogP contribution >= 0.6 is 11.8 Å². The fraction of sp³-hybridized carbons (Fsp3) is 0.348. The number of aromatic nitrogens is 4. The number of rotatable bonds is 10. The van der Waals surface area contributed by atoms with E-state index in [1.54, 1.807) is 36.7 Å². The molecule has 0 atom stereocenters. The van der Waals surface area contributed by atoms with Crippen LogP contribution in [0.2, 0.25) is 0 Å². The van der Waals surface area contributed by atoms with Crippen molar-refractivity contribution in [3.8, 4) is 11.4 Å². The van der Waals surface area contributed by atoms with Crippen LogP contribution in [0.5, 0.6) is 0 Å².